The van der Waals surface area contributed by atoms with E-state index in [1.54, 1.807) is 11.3 Å². The highest BCUT2D eigenvalue weighted by molar-refractivity contribution is 7.22. The number of likely N-dealkylation sites (tertiary alicyclic amines) is 1. The zero-order valence-corrected chi connectivity index (χ0v) is 17.2. The molecule has 4 rings (SSSR count). The van der Waals surface area contributed by atoms with E-state index in [2.05, 4.69) is 57.7 Å². The average Bonchev–Trinajstić information content (AvgIpc) is 2.96. The second-order valence-electron chi connectivity index (χ2n) is 7.45. The molecular formula is C23H29N3OS. The fraction of sp³-hybridized carbons (Fsp3) is 0.435. The lowest BCUT2D eigenvalue weighted by Gasteiger charge is -2.20. The van der Waals surface area contributed by atoms with Crippen molar-refractivity contribution in [3.8, 4) is 5.75 Å². The van der Waals surface area contributed by atoms with Crippen LogP contribution in [0, 0.1) is 0 Å². The number of fused-ring (bicyclic) bond motifs is 1. The van der Waals surface area contributed by atoms with Crippen LogP contribution in [0.1, 0.15) is 37.7 Å². The summed E-state index contributed by atoms with van der Waals surface area (Å²) in [4.78, 5) is 7.18. The van der Waals surface area contributed by atoms with Crippen molar-refractivity contribution in [1.29, 1.82) is 0 Å². The molecule has 0 amide bonds. The maximum atomic E-state index is 5.98. The Morgan fingerprint density at radius 3 is 2.71 bits per heavy atom. The number of hydrogen-bond donors (Lipinski definition) is 1. The van der Waals surface area contributed by atoms with Gasteiger partial charge in [-0.05, 0) is 62.2 Å². The summed E-state index contributed by atoms with van der Waals surface area (Å²) in [6.45, 7) is 5.07. The van der Waals surface area contributed by atoms with E-state index in [4.69, 9.17) is 4.74 Å². The summed E-state index contributed by atoms with van der Waals surface area (Å²) in [5, 5.41) is 4.40. The molecule has 3 aromatic rings. The Bertz CT molecular complexity index is 838. The predicted octanol–water partition coefficient (Wildman–Crippen LogP) is 5.55. The highest BCUT2D eigenvalue weighted by Gasteiger charge is 2.10. The molecule has 1 aliphatic rings. The summed E-state index contributed by atoms with van der Waals surface area (Å²) < 4.78 is 7.21. The Hall–Kier alpha value is -2.11. The van der Waals surface area contributed by atoms with Crippen LogP contribution in [0.5, 0.6) is 5.75 Å². The van der Waals surface area contributed by atoms with Crippen molar-refractivity contribution in [1.82, 2.24) is 9.88 Å². The maximum Gasteiger partial charge on any atom is 0.183 e. The zero-order valence-electron chi connectivity index (χ0n) is 16.4. The van der Waals surface area contributed by atoms with Gasteiger partial charge in [-0.25, -0.2) is 4.98 Å². The van der Waals surface area contributed by atoms with Gasteiger partial charge in [-0.1, -0.05) is 48.4 Å². The minimum absolute atomic E-state index is 0.713. The number of benzene rings is 2. The summed E-state index contributed by atoms with van der Waals surface area (Å²) in [6, 6.07) is 16.8. The molecular weight excluding hydrogens is 366 g/mol. The normalized spacial score (nSPS) is 15.4. The number of para-hydroxylation sites is 1. The first kappa shape index (κ1) is 19.2. The molecule has 0 unspecified atom stereocenters. The standard InChI is InChI=1S/C23H29N3OS/c1-2-6-15-26(14-5-1)18-19-9-7-10-20(17-19)27-16-8-13-24-23-25-21-11-3-4-12-22(21)28-23/h3-4,7,9-12,17H,1-2,5-6,8,13-16,18H2,(H,24,25). The van der Waals surface area contributed by atoms with E-state index in [9.17, 15) is 0 Å². The van der Waals surface area contributed by atoms with Crippen LogP contribution in [0.25, 0.3) is 10.2 Å². The average molecular weight is 396 g/mol. The third-order valence-corrected chi connectivity index (χ3v) is 6.16. The number of hydrogen-bond acceptors (Lipinski definition) is 5. The van der Waals surface area contributed by atoms with Crippen molar-refractivity contribution in [2.24, 2.45) is 0 Å². The van der Waals surface area contributed by atoms with E-state index in [0.29, 0.717) is 6.61 Å². The highest BCUT2D eigenvalue weighted by atomic mass is 32.1. The largest absolute Gasteiger partial charge is 0.494 e. The van der Waals surface area contributed by atoms with Gasteiger partial charge in [0.05, 0.1) is 16.8 Å². The number of nitrogens with one attached hydrogen (secondary N) is 1. The molecule has 4 nitrogen and oxygen atoms in total. The molecule has 2 aromatic carbocycles. The molecule has 28 heavy (non-hydrogen) atoms. The SMILES string of the molecule is c1cc(CN2CCCCCC2)cc(OCCCNc2nc3ccccc3s2)c1. The van der Waals surface area contributed by atoms with Crippen LogP contribution in [0.3, 0.4) is 0 Å². The Labute approximate surface area is 171 Å². The number of ether oxygens (including phenoxy) is 1. The van der Waals surface area contributed by atoms with Gasteiger partial charge < -0.3 is 10.1 Å². The first-order chi connectivity index (χ1) is 13.9. The minimum Gasteiger partial charge on any atom is -0.494 e. The molecule has 148 valence electrons. The molecule has 1 saturated heterocycles. The topological polar surface area (TPSA) is 37.4 Å². The number of aromatic nitrogens is 1. The Balaban J connectivity index is 1.20. The lowest BCUT2D eigenvalue weighted by atomic mass is 10.2. The van der Waals surface area contributed by atoms with Gasteiger partial charge in [-0.15, -0.1) is 0 Å². The van der Waals surface area contributed by atoms with Crippen LogP contribution >= 0.6 is 11.3 Å². The Kier molecular flexibility index (Phi) is 6.79. The summed E-state index contributed by atoms with van der Waals surface area (Å²) in [5.41, 5.74) is 2.42. The zero-order chi connectivity index (χ0) is 19.0. The fourth-order valence-corrected chi connectivity index (χ4v) is 4.58. The third kappa shape index (κ3) is 5.46. The van der Waals surface area contributed by atoms with Crippen molar-refractivity contribution in [3.63, 3.8) is 0 Å². The molecule has 0 atom stereocenters. The highest BCUT2D eigenvalue weighted by Crippen LogP contribution is 2.25. The molecule has 5 heteroatoms. The van der Waals surface area contributed by atoms with Gasteiger partial charge in [0.25, 0.3) is 0 Å². The van der Waals surface area contributed by atoms with Gasteiger partial charge >= 0.3 is 0 Å². The van der Waals surface area contributed by atoms with Crippen LogP contribution in [0.4, 0.5) is 5.13 Å². The van der Waals surface area contributed by atoms with Gasteiger partial charge in [0.2, 0.25) is 0 Å². The second kappa shape index (κ2) is 9.89. The molecule has 0 bridgehead atoms. The summed E-state index contributed by atoms with van der Waals surface area (Å²) in [5.74, 6) is 0.979. The van der Waals surface area contributed by atoms with Crippen molar-refractivity contribution in [2.45, 2.75) is 38.6 Å². The number of anilines is 1. The van der Waals surface area contributed by atoms with Gasteiger partial charge in [-0.3, -0.25) is 4.90 Å². The molecule has 2 heterocycles. The number of thiazole rings is 1. The number of rotatable bonds is 8. The molecule has 0 radical (unpaired) electrons. The van der Waals surface area contributed by atoms with Gasteiger partial charge in [0, 0.05) is 13.1 Å². The molecule has 0 aliphatic carbocycles. The summed E-state index contributed by atoms with van der Waals surface area (Å²) >= 11 is 1.70. The number of nitrogens with zero attached hydrogens (tertiary/aromatic N) is 2. The van der Waals surface area contributed by atoms with Crippen LogP contribution in [-0.2, 0) is 6.54 Å². The first-order valence-corrected chi connectivity index (χ1v) is 11.2. The van der Waals surface area contributed by atoms with Gasteiger partial charge in [-0.2, -0.15) is 0 Å². The van der Waals surface area contributed by atoms with E-state index < -0.39 is 0 Å². The van der Waals surface area contributed by atoms with Crippen molar-refractivity contribution in [2.75, 3.05) is 31.6 Å². The van der Waals surface area contributed by atoms with Crippen molar-refractivity contribution < 1.29 is 4.74 Å². The molecule has 1 fully saturated rings. The minimum atomic E-state index is 0.713. The first-order valence-electron chi connectivity index (χ1n) is 10.4. The lowest BCUT2D eigenvalue weighted by Crippen LogP contribution is -2.23. The quantitative estimate of drug-likeness (QED) is 0.507. The van der Waals surface area contributed by atoms with Gasteiger partial charge in [0.1, 0.15) is 5.75 Å². The van der Waals surface area contributed by atoms with Crippen molar-refractivity contribution in [3.05, 3.63) is 54.1 Å². The Morgan fingerprint density at radius 1 is 1.00 bits per heavy atom. The van der Waals surface area contributed by atoms with Crippen LogP contribution in [-0.4, -0.2) is 36.1 Å². The van der Waals surface area contributed by atoms with E-state index in [1.807, 2.05) is 6.07 Å². The van der Waals surface area contributed by atoms with Crippen LogP contribution < -0.4 is 10.1 Å². The van der Waals surface area contributed by atoms with E-state index in [1.165, 1.54) is 49.0 Å². The monoisotopic (exact) mass is 395 g/mol. The second-order valence-corrected chi connectivity index (χ2v) is 8.48. The maximum absolute atomic E-state index is 5.98. The van der Waals surface area contributed by atoms with Crippen LogP contribution in [0.2, 0.25) is 0 Å². The predicted molar refractivity (Wildman–Crippen MR) is 118 cm³/mol. The molecule has 0 saturated carbocycles. The van der Waals surface area contributed by atoms with Gasteiger partial charge in [0.15, 0.2) is 5.13 Å². The summed E-state index contributed by atoms with van der Waals surface area (Å²) in [7, 11) is 0. The van der Waals surface area contributed by atoms with Crippen molar-refractivity contribution >= 4 is 26.7 Å². The van der Waals surface area contributed by atoms with E-state index in [-0.39, 0.29) is 0 Å². The lowest BCUT2D eigenvalue weighted by molar-refractivity contribution is 0.275. The molecule has 0 spiro atoms. The molecule has 1 aliphatic heterocycles. The smallest absolute Gasteiger partial charge is 0.183 e. The third-order valence-electron chi connectivity index (χ3n) is 5.16. The summed E-state index contributed by atoms with van der Waals surface area (Å²) in [6.07, 6.45) is 6.37. The molecule has 1 aromatic heterocycles. The van der Waals surface area contributed by atoms with Crippen LogP contribution in [0.15, 0.2) is 48.5 Å². The van der Waals surface area contributed by atoms with E-state index >= 15 is 0 Å². The molecule has 1 N–H and O–H groups in total. The van der Waals surface area contributed by atoms with E-state index in [0.717, 1.165) is 35.9 Å². The fourth-order valence-electron chi connectivity index (χ4n) is 3.69. The Morgan fingerprint density at radius 2 is 1.86 bits per heavy atom.